The second kappa shape index (κ2) is 11.8. The van der Waals surface area contributed by atoms with E-state index in [9.17, 15) is 4.79 Å². The Balaban J connectivity index is 2.41. The minimum absolute atomic E-state index is 0.103. The summed E-state index contributed by atoms with van der Waals surface area (Å²) >= 11 is 0. The van der Waals surface area contributed by atoms with Crippen molar-refractivity contribution < 1.29 is 4.79 Å². The zero-order valence-corrected chi connectivity index (χ0v) is 20.2. The van der Waals surface area contributed by atoms with Gasteiger partial charge in [-0.3, -0.25) is 4.79 Å². The van der Waals surface area contributed by atoms with E-state index >= 15 is 0 Å². The van der Waals surface area contributed by atoms with Gasteiger partial charge < -0.3 is 5.32 Å². The molecule has 1 N–H and O–H groups in total. The first-order chi connectivity index (χ1) is 14.8. The van der Waals surface area contributed by atoms with E-state index in [0.717, 1.165) is 30.4 Å². The van der Waals surface area contributed by atoms with Gasteiger partial charge in [-0.05, 0) is 74.9 Å². The summed E-state index contributed by atoms with van der Waals surface area (Å²) < 4.78 is 0. The first-order valence-electron chi connectivity index (χ1n) is 11.5. The van der Waals surface area contributed by atoms with Gasteiger partial charge in [-0.15, -0.1) is 0 Å². The fourth-order valence-electron chi connectivity index (χ4n) is 4.08. The number of carbonyl (C=O) groups excluding carboxylic acids is 1. The van der Waals surface area contributed by atoms with Crippen molar-refractivity contribution in [1.82, 2.24) is 5.32 Å². The van der Waals surface area contributed by atoms with Crippen molar-refractivity contribution in [1.29, 1.82) is 0 Å². The molecule has 0 saturated carbocycles. The first-order valence-corrected chi connectivity index (χ1v) is 11.5. The van der Waals surface area contributed by atoms with Crippen LogP contribution < -0.4 is 5.32 Å². The Morgan fingerprint density at radius 1 is 0.935 bits per heavy atom. The molecule has 0 aromatic heterocycles. The summed E-state index contributed by atoms with van der Waals surface area (Å²) in [5.74, 6) is 0.480. The Morgan fingerprint density at radius 2 is 1.45 bits per heavy atom. The fourth-order valence-corrected chi connectivity index (χ4v) is 4.08. The summed E-state index contributed by atoms with van der Waals surface area (Å²) in [6.07, 6.45) is 3.42. The molecule has 2 unspecified atom stereocenters. The molecule has 0 spiro atoms. The van der Waals surface area contributed by atoms with Crippen LogP contribution in [0.25, 0.3) is 11.1 Å². The maximum absolute atomic E-state index is 12.3. The number of hydrogen-bond acceptors (Lipinski definition) is 2. The minimum atomic E-state index is 0.103. The highest BCUT2D eigenvalue weighted by molar-refractivity contribution is 6.05. The molecular weight excluding hydrogens is 378 g/mol. The average molecular weight is 418 g/mol. The Labute approximate surface area is 189 Å². The zero-order valence-electron chi connectivity index (χ0n) is 20.2. The maximum atomic E-state index is 12.3. The average Bonchev–Trinajstić information content (AvgIpc) is 2.76. The van der Waals surface area contributed by atoms with Crippen LogP contribution in [0.3, 0.4) is 0 Å². The monoisotopic (exact) mass is 417 g/mol. The van der Waals surface area contributed by atoms with Crippen molar-refractivity contribution in [3.05, 3.63) is 82.9 Å². The second-order valence-electron chi connectivity index (χ2n) is 8.80. The van der Waals surface area contributed by atoms with Gasteiger partial charge in [0.15, 0.2) is 0 Å². The summed E-state index contributed by atoms with van der Waals surface area (Å²) in [5.41, 5.74) is 8.31. The van der Waals surface area contributed by atoms with Crippen LogP contribution in [0.15, 0.2) is 60.7 Å². The summed E-state index contributed by atoms with van der Waals surface area (Å²) in [6.45, 7) is 15.1. The van der Waals surface area contributed by atoms with Crippen molar-refractivity contribution in [2.24, 2.45) is 5.92 Å². The molecule has 2 aromatic carbocycles. The standard InChI is InChI=1S/C29H39NO/c1-8-9-28(31)22(4)14-19-27(30-7)24(6)29(26-17-12-21(3)13-18-26)23(5)25-15-10-20(2)11-16-25/h10-13,15-18,22,27,30H,5,8-9,14,19H2,1-4,6-7H3/b29-24+. The quantitative estimate of drug-likeness (QED) is 0.393. The van der Waals surface area contributed by atoms with Crippen molar-refractivity contribution >= 4 is 16.9 Å². The Kier molecular flexibility index (Phi) is 9.45. The Hall–Kier alpha value is -2.45. The smallest absolute Gasteiger partial charge is 0.135 e. The van der Waals surface area contributed by atoms with E-state index in [-0.39, 0.29) is 12.0 Å². The first kappa shape index (κ1) is 24.8. The van der Waals surface area contributed by atoms with Crippen LogP contribution in [0.4, 0.5) is 0 Å². The van der Waals surface area contributed by atoms with E-state index in [1.807, 2.05) is 7.05 Å². The van der Waals surface area contributed by atoms with Gasteiger partial charge >= 0.3 is 0 Å². The lowest BCUT2D eigenvalue weighted by Gasteiger charge is -2.24. The molecule has 2 rings (SSSR count). The molecule has 0 heterocycles. The lowest BCUT2D eigenvalue weighted by atomic mass is 9.85. The molecule has 0 saturated heterocycles. The Morgan fingerprint density at radius 3 is 1.94 bits per heavy atom. The number of benzene rings is 2. The van der Waals surface area contributed by atoms with Crippen LogP contribution in [0, 0.1) is 19.8 Å². The number of aryl methyl sites for hydroxylation is 2. The topological polar surface area (TPSA) is 29.1 Å². The van der Waals surface area contributed by atoms with Crippen LogP contribution in [-0.4, -0.2) is 18.9 Å². The number of carbonyl (C=O) groups is 1. The molecular formula is C29H39NO. The van der Waals surface area contributed by atoms with E-state index in [2.05, 4.69) is 95.0 Å². The molecule has 0 aliphatic heterocycles. The number of ketones is 1. The molecule has 2 atom stereocenters. The molecule has 166 valence electrons. The van der Waals surface area contributed by atoms with Gasteiger partial charge in [-0.25, -0.2) is 0 Å². The normalized spacial score (nSPS) is 14.0. The highest BCUT2D eigenvalue weighted by Gasteiger charge is 2.20. The van der Waals surface area contributed by atoms with Crippen molar-refractivity contribution in [3.8, 4) is 0 Å². The molecule has 31 heavy (non-hydrogen) atoms. The van der Waals surface area contributed by atoms with Gasteiger partial charge in [0.05, 0.1) is 0 Å². The van der Waals surface area contributed by atoms with Crippen molar-refractivity contribution in [2.45, 2.75) is 66.3 Å². The van der Waals surface area contributed by atoms with Crippen molar-refractivity contribution in [2.75, 3.05) is 7.05 Å². The summed E-state index contributed by atoms with van der Waals surface area (Å²) in [6, 6.07) is 17.5. The number of Topliss-reactive ketones (excluding diaryl/α,β-unsaturated/α-hetero) is 1. The third-order valence-corrected chi connectivity index (χ3v) is 6.24. The Bertz CT molecular complexity index is 903. The highest BCUT2D eigenvalue weighted by Crippen LogP contribution is 2.35. The maximum Gasteiger partial charge on any atom is 0.135 e. The summed E-state index contributed by atoms with van der Waals surface area (Å²) in [4.78, 5) is 12.3. The lowest BCUT2D eigenvalue weighted by Crippen LogP contribution is -2.28. The SMILES string of the molecule is C=C(/C(=C(/C)C(CCC(C)C(=O)CCC)NC)c1ccc(C)cc1)c1ccc(C)cc1. The van der Waals surface area contributed by atoms with E-state index in [1.54, 1.807) is 0 Å². The van der Waals surface area contributed by atoms with Crippen LogP contribution in [0.5, 0.6) is 0 Å². The van der Waals surface area contributed by atoms with Gasteiger partial charge in [0, 0.05) is 18.4 Å². The van der Waals surface area contributed by atoms with Gasteiger partial charge in [0.2, 0.25) is 0 Å². The van der Waals surface area contributed by atoms with Gasteiger partial charge in [-0.2, -0.15) is 0 Å². The van der Waals surface area contributed by atoms with Gasteiger partial charge in [0.1, 0.15) is 5.78 Å². The molecule has 0 aliphatic rings. The summed E-state index contributed by atoms with van der Waals surface area (Å²) in [5, 5.41) is 3.49. The zero-order chi connectivity index (χ0) is 23.0. The van der Waals surface area contributed by atoms with E-state index < -0.39 is 0 Å². The van der Waals surface area contributed by atoms with Crippen LogP contribution in [0.2, 0.25) is 0 Å². The molecule has 0 aliphatic carbocycles. The van der Waals surface area contributed by atoms with E-state index in [4.69, 9.17) is 0 Å². The van der Waals surface area contributed by atoms with E-state index in [1.165, 1.54) is 27.8 Å². The molecule has 0 radical (unpaired) electrons. The second-order valence-corrected chi connectivity index (χ2v) is 8.80. The lowest BCUT2D eigenvalue weighted by molar-refractivity contribution is -0.122. The fraction of sp³-hybridized carbons (Fsp3) is 0.414. The molecule has 0 amide bonds. The number of likely N-dealkylation sites (N-methyl/N-ethyl adjacent to an activating group) is 1. The third-order valence-electron chi connectivity index (χ3n) is 6.24. The predicted octanol–water partition coefficient (Wildman–Crippen LogP) is 7.16. The molecule has 0 fully saturated rings. The van der Waals surface area contributed by atoms with Gasteiger partial charge in [0.25, 0.3) is 0 Å². The number of hydrogen-bond donors (Lipinski definition) is 1. The molecule has 0 bridgehead atoms. The largest absolute Gasteiger partial charge is 0.313 e. The molecule has 2 aromatic rings. The number of rotatable bonds is 11. The number of nitrogens with one attached hydrogen (secondary N) is 1. The highest BCUT2D eigenvalue weighted by atomic mass is 16.1. The predicted molar refractivity (Wildman–Crippen MR) is 135 cm³/mol. The molecule has 2 nitrogen and oxygen atoms in total. The third kappa shape index (κ3) is 6.77. The number of allylic oxidation sites excluding steroid dienone is 2. The van der Waals surface area contributed by atoms with Crippen LogP contribution >= 0.6 is 0 Å². The van der Waals surface area contributed by atoms with Crippen LogP contribution in [-0.2, 0) is 4.79 Å². The van der Waals surface area contributed by atoms with Gasteiger partial charge in [-0.1, -0.05) is 80.1 Å². The minimum Gasteiger partial charge on any atom is -0.313 e. The van der Waals surface area contributed by atoms with E-state index in [0.29, 0.717) is 12.2 Å². The van der Waals surface area contributed by atoms with Crippen LogP contribution in [0.1, 0.15) is 68.7 Å². The summed E-state index contributed by atoms with van der Waals surface area (Å²) in [7, 11) is 2.01. The van der Waals surface area contributed by atoms with Crippen molar-refractivity contribution in [3.63, 3.8) is 0 Å². The molecule has 2 heteroatoms.